The molecule has 1 aromatic heterocycles. The van der Waals surface area contributed by atoms with E-state index in [2.05, 4.69) is 41.9 Å². The second kappa shape index (κ2) is 19.0. The van der Waals surface area contributed by atoms with Crippen LogP contribution < -0.4 is 21.3 Å². The van der Waals surface area contributed by atoms with Gasteiger partial charge in [0.2, 0.25) is 23.5 Å². The summed E-state index contributed by atoms with van der Waals surface area (Å²) in [4.78, 5) is 65.5. The number of likely N-dealkylation sites (tertiary alicyclic amines) is 1. The number of benzene rings is 3. The number of hydrogen-bond donors (Lipinski definition) is 6. The Morgan fingerprint density at radius 3 is 2.10 bits per heavy atom. The van der Waals surface area contributed by atoms with Crippen LogP contribution in [0.1, 0.15) is 70.4 Å². The van der Waals surface area contributed by atoms with Crippen LogP contribution in [-0.4, -0.2) is 91.8 Å². The minimum atomic E-state index is -0.965. The van der Waals surface area contributed by atoms with Crippen LogP contribution in [0.25, 0.3) is 22.5 Å². The molecule has 16 heteroatoms. The number of tetrazole rings is 1. The number of amides is 5. The number of aromatic nitrogens is 4. The van der Waals surface area contributed by atoms with Gasteiger partial charge < -0.3 is 36.0 Å². The third-order valence-electron chi connectivity index (χ3n) is 10.9. The van der Waals surface area contributed by atoms with Gasteiger partial charge in [0.15, 0.2) is 0 Å². The number of carboxylic acid groups (broad SMARTS) is 1. The Morgan fingerprint density at radius 1 is 0.831 bits per heavy atom. The van der Waals surface area contributed by atoms with Crippen LogP contribution in [0, 0.1) is 24.7 Å². The van der Waals surface area contributed by atoms with Gasteiger partial charge in [-0.05, 0) is 130 Å². The molecule has 5 amide bonds. The van der Waals surface area contributed by atoms with Gasteiger partial charge in [0.1, 0.15) is 11.6 Å². The van der Waals surface area contributed by atoms with E-state index in [0.717, 1.165) is 40.7 Å². The molecule has 59 heavy (non-hydrogen) atoms. The predicted octanol–water partition coefficient (Wildman–Crippen LogP) is 6.17. The Hall–Kier alpha value is -6.32. The molecule has 16 nitrogen and oxygen atoms in total. The average Bonchev–Trinajstić information content (AvgIpc) is 3.76. The van der Waals surface area contributed by atoms with Gasteiger partial charge in [0.25, 0.3) is 0 Å². The number of aryl methyl sites for hydroxylation is 1. The van der Waals surface area contributed by atoms with Crippen LogP contribution in [-0.2, 0) is 25.5 Å². The molecule has 0 bridgehead atoms. The lowest BCUT2D eigenvalue weighted by Crippen LogP contribution is -2.48. The molecule has 2 fully saturated rings. The predicted molar refractivity (Wildman–Crippen MR) is 221 cm³/mol. The Morgan fingerprint density at radius 2 is 1.47 bits per heavy atom. The fraction of sp³-hybridized carbons (Fsp3) is 0.442. The minimum absolute atomic E-state index is 0.122. The SMILES string of the molecule is Cc1ccc(-c2ccc(C[C@H](NC(=O)C3CCC(CNC(=O)OC(C)(C)C)CC3)C(=O)Nc3ccc(-c4nn[nH]n4)cc3)cc2)cc1NC(=O)C1CCN(C(=O)O)CC1. The van der Waals surface area contributed by atoms with E-state index in [1.165, 1.54) is 4.90 Å². The highest BCUT2D eigenvalue weighted by molar-refractivity contribution is 5.98. The molecule has 2 heterocycles. The van der Waals surface area contributed by atoms with Crippen LogP contribution in [0.4, 0.5) is 21.0 Å². The van der Waals surface area contributed by atoms with Crippen LogP contribution in [0.2, 0.25) is 0 Å². The van der Waals surface area contributed by atoms with E-state index < -0.39 is 23.8 Å². The van der Waals surface area contributed by atoms with E-state index in [9.17, 15) is 29.1 Å². The molecule has 0 radical (unpaired) electrons. The third kappa shape index (κ3) is 11.9. The number of rotatable bonds is 12. The summed E-state index contributed by atoms with van der Waals surface area (Å²) in [6.07, 6.45) is 2.56. The first-order chi connectivity index (χ1) is 28.2. The van der Waals surface area contributed by atoms with Crippen molar-refractivity contribution in [3.05, 3.63) is 77.9 Å². The number of nitrogens with one attached hydrogen (secondary N) is 5. The molecular formula is C43H53N9O7. The molecule has 3 aromatic carbocycles. The summed E-state index contributed by atoms with van der Waals surface area (Å²) in [5.74, 6) is -0.556. The van der Waals surface area contributed by atoms with Gasteiger partial charge in [-0.1, -0.05) is 36.4 Å². The summed E-state index contributed by atoms with van der Waals surface area (Å²) in [7, 11) is 0. The van der Waals surface area contributed by atoms with Crippen molar-refractivity contribution in [2.75, 3.05) is 30.3 Å². The third-order valence-corrected chi connectivity index (χ3v) is 10.9. The lowest BCUT2D eigenvalue weighted by Gasteiger charge is -2.29. The molecule has 6 N–H and O–H groups in total. The van der Waals surface area contributed by atoms with Crippen LogP contribution >= 0.6 is 0 Å². The van der Waals surface area contributed by atoms with E-state index in [-0.39, 0.29) is 41.9 Å². The monoisotopic (exact) mass is 807 g/mol. The van der Waals surface area contributed by atoms with Gasteiger partial charge in [-0.3, -0.25) is 14.4 Å². The molecule has 1 saturated heterocycles. The van der Waals surface area contributed by atoms with E-state index in [1.807, 2.05) is 70.2 Å². The molecule has 0 unspecified atom stereocenters. The molecule has 6 rings (SSSR count). The standard InChI is InChI=1S/C43H53N9O7/c1-26-5-10-33(24-35(26)46-39(54)32-19-21-52(22-20-32)42(57)58)29-11-6-27(7-12-29)23-36(40(55)45-34-17-15-30(16-18-34)37-48-50-51-49-37)47-38(53)31-13-8-28(9-14-31)25-44-41(56)59-43(2,3)4/h5-7,10-12,15-18,24,28,31-32,36H,8-9,13-14,19-23,25H2,1-4H3,(H,44,56)(H,45,55)(H,46,54)(H,47,53)(H,57,58)(H,48,49,50,51)/t28?,31?,36-/m0/s1. The van der Waals surface area contributed by atoms with E-state index >= 15 is 0 Å². The van der Waals surface area contributed by atoms with Crippen molar-refractivity contribution < 1.29 is 33.8 Å². The average molecular weight is 808 g/mol. The molecule has 1 aliphatic carbocycles. The van der Waals surface area contributed by atoms with Gasteiger partial charge in [0, 0.05) is 54.8 Å². The lowest BCUT2D eigenvalue weighted by molar-refractivity contribution is -0.130. The molecule has 1 atom stereocenters. The molecule has 0 spiro atoms. The summed E-state index contributed by atoms with van der Waals surface area (Å²) >= 11 is 0. The Balaban J connectivity index is 1.10. The fourth-order valence-corrected chi connectivity index (χ4v) is 7.46. The highest BCUT2D eigenvalue weighted by Gasteiger charge is 2.31. The van der Waals surface area contributed by atoms with Crippen molar-refractivity contribution in [2.45, 2.75) is 84.3 Å². The maximum atomic E-state index is 13.9. The first-order valence-corrected chi connectivity index (χ1v) is 20.1. The summed E-state index contributed by atoms with van der Waals surface area (Å²) in [6.45, 7) is 8.51. The van der Waals surface area contributed by atoms with Crippen molar-refractivity contribution in [2.24, 2.45) is 17.8 Å². The largest absolute Gasteiger partial charge is 0.465 e. The second-order valence-corrected chi connectivity index (χ2v) is 16.4. The van der Waals surface area contributed by atoms with Crippen molar-refractivity contribution in [1.29, 1.82) is 0 Å². The zero-order chi connectivity index (χ0) is 42.1. The fourth-order valence-electron chi connectivity index (χ4n) is 7.46. The highest BCUT2D eigenvalue weighted by Crippen LogP contribution is 2.30. The van der Waals surface area contributed by atoms with Crippen LogP contribution in [0.15, 0.2) is 66.7 Å². The molecule has 312 valence electrons. The Labute approximate surface area is 343 Å². The first-order valence-electron chi connectivity index (χ1n) is 20.1. The van der Waals surface area contributed by atoms with Crippen molar-refractivity contribution in [1.82, 2.24) is 36.2 Å². The van der Waals surface area contributed by atoms with Gasteiger partial charge in [-0.25, -0.2) is 9.59 Å². The zero-order valence-electron chi connectivity index (χ0n) is 33.9. The second-order valence-electron chi connectivity index (χ2n) is 16.4. The summed E-state index contributed by atoms with van der Waals surface area (Å²) in [5.41, 5.74) is 4.92. The number of carbonyl (C=O) groups is 5. The number of aromatic amines is 1. The highest BCUT2D eigenvalue weighted by atomic mass is 16.6. The van der Waals surface area contributed by atoms with Gasteiger partial charge in [-0.2, -0.15) is 5.21 Å². The van der Waals surface area contributed by atoms with Crippen molar-refractivity contribution in [3.63, 3.8) is 0 Å². The molecule has 1 aliphatic heterocycles. The summed E-state index contributed by atoms with van der Waals surface area (Å²) < 4.78 is 5.36. The molecule has 4 aromatic rings. The summed E-state index contributed by atoms with van der Waals surface area (Å²) in [6, 6.07) is 19.8. The quantitative estimate of drug-likeness (QED) is 0.0956. The minimum Gasteiger partial charge on any atom is -0.465 e. The number of nitrogens with zero attached hydrogens (tertiary/aromatic N) is 4. The lowest BCUT2D eigenvalue weighted by atomic mass is 9.81. The van der Waals surface area contributed by atoms with Crippen LogP contribution in [0.3, 0.4) is 0 Å². The van der Waals surface area contributed by atoms with Crippen molar-refractivity contribution >= 4 is 41.3 Å². The van der Waals surface area contributed by atoms with E-state index in [1.54, 1.807) is 24.3 Å². The smallest absolute Gasteiger partial charge is 0.407 e. The maximum absolute atomic E-state index is 13.9. The summed E-state index contributed by atoms with van der Waals surface area (Å²) in [5, 5.41) is 35.2. The van der Waals surface area contributed by atoms with E-state index in [0.29, 0.717) is 62.5 Å². The van der Waals surface area contributed by atoms with Gasteiger partial charge in [-0.15, -0.1) is 10.2 Å². The first kappa shape index (κ1) is 42.3. The molecule has 1 saturated carbocycles. The number of hydrogen-bond acceptors (Lipinski definition) is 9. The number of carbonyl (C=O) groups excluding carboxylic acids is 4. The maximum Gasteiger partial charge on any atom is 0.407 e. The van der Waals surface area contributed by atoms with E-state index in [4.69, 9.17) is 4.74 Å². The molecule has 2 aliphatic rings. The number of alkyl carbamates (subject to hydrolysis) is 1. The Bertz CT molecular complexity index is 2080. The van der Waals surface area contributed by atoms with Gasteiger partial charge in [0.05, 0.1) is 0 Å². The normalized spacial score (nSPS) is 17.7. The molecular weight excluding hydrogens is 755 g/mol. The zero-order valence-corrected chi connectivity index (χ0v) is 33.9. The van der Waals surface area contributed by atoms with Gasteiger partial charge >= 0.3 is 12.2 Å². The van der Waals surface area contributed by atoms with Crippen LogP contribution in [0.5, 0.6) is 0 Å². The Kier molecular flexibility index (Phi) is 13.6. The number of ether oxygens (including phenoxy) is 1. The number of anilines is 2. The van der Waals surface area contributed by atoms with Crippen molar-refractivity contribution in [3.8, 4) is 22.5 Å². The topological polar surface area (TPSA) is 221 Å². The number of piperidine rings is 1. The number of H-pyrrole nitrogens is 1.